The van der Waals surface area contributed by atoms with Crippen molar-refractivity contribution in [2.75, 3.05) is 5.32 Å². The Morgan fingerprint density at radius 1 is 1.31 bits per heavy atom. The van der Waals surface area contributed by atoms with Crippen molar-refractivity contribution in [1.29, 1.82) is 0 Å². The van der Waals surface area contributed by atoms with E-state index in [1.54, 1.807) is 0 Å². The van der Waals surface area contributed by atoms with Gasteiger partial charge in [-0.3, -0.25) is 0 Å². The molecule has 4 heteroatoms. The number of nitrogens with zero attached hydrogens (tertiary/aromatic N) is 2. The smallest absolute Gasteiger partial charge is 0.315 e. The molecule has 0 saturated heterocycles. The van der Waals surface area contributed by atoms with Crippen LogP contribution in [0, 0.1) is 0 Å². The molecule has 0 unspecified atom stereocenters. The van der Waals surface area contributed by atoms with Gasteiger partial charge >= 0.3 is 6.01 Å². The van der Waals surface area contributed by atoms with E-state index in [1.165, 1.54) is 12.8 Å². The minimum absolute atomic E-state index is 0.0205. The van der Waals surface area contributed by atoms with Crippen LogP contribution in [0.3, 0.4) is 0 Å². The van der Waals surface area contributed by atoms with Crippen LogP contribution >= 0.6 is 0 Å². The Morgan fingerprint density at radius 3 is 2.54 bits per heavy atom. The van der Waals surface area contributed by atoms with Crippen LogP contribution in [0.25, 0.3) is 0 Å². The summed E-state index contributed by atoms with van der Waals surface area (Å²) in [6.07, 6.45) is 2.38. The van der Waals surface area contributed by atoms with Crippen LogP contribution in [0.2, 0.25) is 0 Å². The van der Waals surface area contributed by atoms with Crippen LogP contribution in [0.5, 0.6) is 0 Å². The summed E-state index contributed by atoms with van der Waals surface area (Å²) < 4.78 is 5.45. The molecule has 1 aliphatic rings. The molecule has 0 spiro atoms. The van der Waals surface area contributed by atoms with Crippen molar-refractivity contribution >= 4 is 6.01 Å². The van der Waals surface area contributed by atoms with Gasteiger partial charge in [0.2, 0.25) is 5.89 Å². The Bertz CT molecular complexity index is 296. The number of nitrogens with one attached hydrogen (secondary N) is 1. The van der Waals surface area contributed by atoms with E-state index in [0.29, 0.717) is 11.9 Å². The molecule has 1 N–H and O–H groups in total. The maximum Gasteiger partial charge on any atom is 0.315 e. The summed E-state index contributed by atoms with van der Waals surface area (Å²) in [6, 6.07) is 0.536. The van der Waals surface area contributed by atoms with Crippen molar-refractivity contribution in [2.45, 2.75) is 45.1 Å². The van der Waals surface area contributed by atoms with Gasteiger partial charge in [-0.05, 0) is 33.6 Å². The molecule has 1 fully saturated rings. The number of anilines is 1. The molecule has 1 aromatic rings. The Hall–Kier alpha value is -1.06. The van der Waals surface area contributed by atoms with E-state index in [0.717, 1.165) is 5.89 Å². The molecule has 1 aliphatic carbocycles. The van der Waals surface area contributed by atoms with Crippen molar-refractivity contribution < 1.29 is 4.42 Å². The number of hydrogen-bond acceptors (Lipinski definition) is 4. The van der Waals surface area contributed by atoms with Gasteiger partial charge < -0.3 is 9.73 Å². The summed E-state index contributed by atoms with van der Waals surface area (Å²) in [7, 11) is 0. The number of aromatic nitrogens is 2. The fourth-order valence-corrected chi connectivity index (χ4v) is 1.10. The third-order valence-electron chi connectivity index (χ3n) is 1.85. The van der Waals surface area contributed by atoms with Gasteiger partial charge in [0, 0.05) is 11.5 Å². The maximum atomic E-state index is 5.45. The second-order valence-electron chi connectivity index (χ2n) is 4.59. The standard InChI is InChI=1S/C9H15N3O/c1-9(2,3)10-8-12-11-7(13-8)6-4-5-6/h6H,4-5H2,1-3H3,(H,10,12). The largest absolute Gasteiger partial charge is 0.408 e. The first kappa shape index (κ1) is 8.53. The third-order valence-corrected chi connectivity index (χ3v) is 1.85. The summed E-state index contributed by atoms with van der Waals surface area (Å²) in [6.45, 7) is 6.19. The average molecular weight is 181 g/mol. The van der Waals surface area contributed by atoms with Crippen molar-refractivity contribution in [3.63, 3.8) is 0 Å². The van der Waals surface area contributed by atoms with Gasteiger partial charge in [0.25, 0.3) is 0 Å². The van der Waals surface area contributed by atoms with E-state index in [-0.39, 0.29) is 5.54 Å². The molecular weight excluding hydrogens is 166 g/mol. The molecular formula is C9H15N3O. The van der Waals surface area contributed by atoms with Gasteiger partial charge in [0.05, 0.1) is 0 Å². The minimum Gasteiger partial charge on any atom is -0.408 e. The zero-order chi connectivity index (χ0) is 9.47. The Balaban J connectivity index is 2.04. The van der Waals surface area contributed by atoms with Crippen LogP contribution in [-0.4, -0.2) is 15.7 Å². The number of hydrogen-bond donors (Lipinski definition) is 1. The molecule has 0 aromatic carbocycles. The van der Waals surface area contributed by atoms with E-state index in [1.807, 2.05) is 0 Å². The molecule has 0 aliphatic heterocycles. The van der Waals surface area contributed by atoms with Crippen LogP contribution in [0.15, 0.2) is 4.42 Å². The molecule has 0 bridgehead atoms. The summed E-state index contributed by atoms with van der Waals surface area (Å²) in [4.78, 5) is 0. The van der Waals surface area contributed by atoms with Gasteiger partial charge in [0.15, 0.2) is 0 Å². The Kier molecular flexibility index (Phi) is 1.78. The van der Waals surface area contributed by atoms with Crippen molar-refractivity contribution in [3.8, 4) is 0 Å². The molecule has 0 amide bonds. The highest BCUT2D eigenvalue weighted by Crippen LogP contribution is 2.39. The van der Waals surface area contributed by atoms with E-state index in [2.05, 4.69) is 36.3 Å². The first-order valence-electron chi connectivity index (χ1n) is 4.66. The molecule has 0 radical (unpaired) electrons. The second-order valence-corrected chi connectivity index (χ2v) is 4.59. The lowest BCUT2D eigenvalue weighted by Crippen LogP contribution is -2.26. The highest BCUT2D eigenvalue weighted by molar-refractivity contribution is 5.22. The minimum atomic E-state index is -0.0205. The Labute approximate surface area is 77.7 Å². The monoisotopic (exact) mass is 181 g/mol. The first-order chi connectivity index (χ1) is 6.04. The van der Waals surface area contributed by atoms with Crippen molar-refractivity contribution in [3.05, 3.63) is 5.89 Å². The zero-order valence-electron chi connectivity index (χ0n) is 8.29. The average Bonchev–Trinajstić information content (AvgIpc) is 2.72. The van der Waals surface area contributed by atoms with E-state index in [4.69, 9.17) is 4.42 Å². The van der Waals surface area contributed by atoms with Gasteiger partial charge in [0.1, 0.15) is 0 Å². The number of rotatable bonds is 2. The maximum absolute atomic E-state index is 5.45. The van der Waals surface area contributed by atoms with Crippen LogP contribution in [-0.2, 0) is 0 Å². The third kappa shape index (κ3) is 2.20. The molecule has 1 heterocycles. The zero-order valence-corrected chi connectivity index (χ0v) is 8.29. The molecule has 1 saturated carbocycles. The lowest BCUT2D eigenvalue weighted by Gasteiger charge is -2.17. The SMILES string of the molecule is CC(C)(C)Nc1nnc(C2CC2)o1. The summed E-state index contributed by atoms with van der Waals surface area (Å²) >= 11 is 0. The van der Waals surface area contributed by atoms with Crippen molar-refractivity contribution in [1.82, 2.24) is 10.2 Å². The van der Waals surface area contributed by atoms with Crippen LogP contribution < -0.4 is 5.32 Å². The molecule has 2 rings (SSSR count). The topological polar surface area (TPSA) is 51.0 Å². The molecule has 72 valence electrons. The van der Waals surface area contributed by atoms with Crippen LogP contribution in [0.4, 0.5) is 6.01 Å². The van der Waals surface area contributed by atoms with E-state index in [9.17, 15) is 0 Å². The predicted octanol–water partition coefficient (Wildman–Crippen LogP) is 2.16. The van der Waals surface area contributed by atoms with Gasteiger partial charge in [-0.15, -0.1) is 5.10 Å². The van der Waals surface area contributed by atoms with E-state index >= 15 is 0 Å². The lowest BCUT2D eigenvalue weighted by atomic mass is 10.1. The fraction of sp³-hybridized carbons (Fsp3) is 0.778. The Morgan fingerprint density at radius 2 is 2.00 bits per heavy atom. The van der Waals surface area contributed by atoms with Crippen LogP contribution in [0.1, 0.15) is 45.4 Å². The summed E-state index contributed by atoms with van der Waals surface area (Å²) in [5, 5.41) is 11.1. The predicted molar refractivity (Wildman–Crippen MR) is 49.6 cm³/mol. The summed E-state index contributed by atoms with van der Waals surface area (Å²) in [5.41, 5.74) is -0.0205. The normalized spacial score (nSPS) is 17.5. The summed E-state index contributed by atoms with van der Waals surface area (Å²) in [5.74, 6) is 1.31. The lowest BCUT2D eigenvalue weighted by molar-refractivity contribution is 0.488. The first-order valence-corrected chi connectivity index (χ1v) is 4.66. The van der Waals surface area contributed by atoms with Gasteiger partial charge in [-0.2, -0.15) is 0 Å². The van der Waals surface area contributed by atoms with Gasteiger partial charge in [-0.25, -0.2) is 0 Å². The quantitative estimate of drug-likeness (QED) is 0.759. The fourth-order valence-electron chi connectivity index (χ4n) is 1.10. The van der Waals surface area contributed by atoms with E-state index < -0.39 is 0 Å². The van der Waals surface area contributed by atoms with Gasteiger partial charge in [-0.1, -0.05) is 5.10 Å². The highest BCUT2D eigenvalue weighted by Gasteiger charge is 2.29. The van der Waals surface area contributed by atoms with Crippen molar-refractivity contribution in [2.24, 2.45) is 0 Å². The highest BCUT2D eigenvalue weighted by atomic mass is 16.4. The molecule has 13 heavy (non-hydrogen) atoms. The molecule has 1 aromatic heterocycles. The molecule has 0 atom stereocenters. The molecule has 4 nitrogen and oxygen atoms in total. The second kappa shape index (κ2) is 2.72.